The van der Waals surface area contributed by atoms with E-state index in [9.17, 15) is 0 Å². The highest BCUT2D eigenvalue weighted by molar-refractivity contribution is 6.46. The largest absolute Gasteiger partial charge is 0.410 e. The lowest BCUT2D eigenvalue weighted by atomic mass is 10.1. The molecule has 5 nitrogen and oxygen atoms in total. The molecule has 0 aliphatic heterocycles. The number of nitrogens with zero attached hydrogens (tertiary/aromatic N) is 2. The van der Waals surface area contributed by atoms with Gasteiger partial charge in [-0.15, -0.1) is 0 Å². The van der Waals surface area contributed by atoms with Crippen LogP contribution in [0.1, 0.15) is 5.56 Å². The van der Waals surface area contributed by atoms with Crippen molar-refractivity contribution in [1.82, 2.24) is 0 Å². The number of benzene rings is 1. The molecule has 0 atom stereocenters. The van der Waals surface area contributed by atoms with Gasteiger partial charge < -0.3 is 16.1 Å². The summed E-state index contributed by atoms with van der Waals surface area (Å²) in [5, 5.41) is 23.2. The summed E-state index contributed by atoms with van der Waals surface area (Å²) in [6, 6.07) is 6.39. The molecule has 0 fully saturated rings. The Bertz CT molecular complexity index is 373. The Balaban J connectivity index is 3.09. The number of hydrogen-bond acceptors (Lipinski definition) is 4. The third-order valence-corrected chi connectivity index (χ3v) is 1.82. The zero-order chi connectivity index (χ0) is 10.6. The molecular weight excluding hydrogens is 206 g/mol. The van der Waals surface area contributed by atoms with Gasteiger partial charge in [0.1, 0.15) is 0 Å². The van der Waals surface area contributed by atoms with Crippen LogP contribution in [-0.4, -0.2) is 22.0 Å². The summed E-state index contributed by atoms with van der Waals surface area (Å²) >= 11 is 5.66. The Morgan fingerprint density at radius 2 is 1.71 bits per heavy atom. The van der Waals surface area contributed by atoms with Gasteiger partial charge in [0.05, 0.1) is 0 Å². The zero-order valence-electron chi connectivity index (χ0n) is 7.05. The first-order chi connectivity index (χ1) is 6.69. The van der Waals surface area contributed by atoms with Crippen molar-refractivity contribution in [1.29, 1.82) is 0 Å². The van der Waals surface area contributed by atoms with E-state index in [4.69, 9.17) is 27.7 Å². The van der Waals surface area contributed by atoms with Crippen molar-refractivity contribution in [3.63, 3.8) is 0 Å². The first-order valence-corrected chi connectivity index (χ1v) is 4.02. The summed E-state index contributed by atoms with van der Waals surface area (Å²) < 4.78 is 0. The highest BCUT2D eigenvalue weighted by Gasteiger charge is 2.09. The van der Waals surface area contributed by atoms with Crippen LogP contribution in [0.2, 0.25) is 5.02 Å². The van der Waals surface area contributed by atoms with Gasteiger partial charge in [-0.1, -0.05) is 34.0 Å². The second kappa shape index (κ2) is 4.48. The fourth-order valence-electron chi connectivity index (χ4n) is 0.912. The van der Waals surface area contributed by atoms with Crippen LogP contribution in [0.4, 0.5) is 0 Å². The monoisotopic (exact) mass is 213 g/mol. The number of oxime groups is 2. The Morgan fingerprint density at radius 3 is 2.14 bits per heavy atom. The molecule has 0 saturated carbocycles. The van der Waals surface area contributed by atoms with Gasteiger partial charge in [0.25, 0.3) is 0 Å². The van der Waals surface area contributed by atoms with Gasteiger partial charge in [-0.25, -0.2) is 0 Å². The highest BCUT2D eigenvalue weighted by atomic mass is 35.5. The maximum atomic E-state index is 8.63. The van der Waals surface area contributed by atoms with Crippen molar-refractivity contribution in [2.75, 3.05) is 0 Å². The van der Waals surface area contributed by atoms with E-state index in [1.54, 1.807) is 24.3 Å². The minimum absolute atomic E-state index is 0.0100. The predicted molar refractivity (Wildman–Crippen MR) is 53.2 cm³/mol. The molecule has 0 aliphatic rings. The average Bonchev–Trinajstić information content (AvgIpc) is 2.21. The fraction of sp³-hybridized carbons (Fsp3) is 0. The van der Waals surface area contributed by atoms with Crippen LogP contribution in [0, 0.1) is 0 Å². The summed E-state index contributed by atoms with van der Waals surface area (Å²) in [4.78, 5) is 0. The van der Waals surface area contributed by atoms with E-state index in [0.717, 1.165) is 0 Å². The van der Waals surface area contributed by atoms with Gasteiger partial charge >= 0.3 is 0 Å². The Labute approximate surface area is 85.1 Å². The van der Waals surface area contributed by atoms with Gasteiger partial charge in [-0.3, -0.25) is 0 Å². The predicted octanol–water partition coefficient (Wildman–Crippen LogP) is 1.26. The van der Waals surface area contributed by atoms with Crippen LogP contribution in [0.5, 0.6) is 0 Å². The van der Waals surface area contributed by atoms with Crippen LogP contribution < -0.4 is 5.73 Å². The molecule has 14 heavy (non-hydrogen) atoms. The van der Waals surface area contributed by atoms with Crippen molar-refractivity contribution >= 4 is 23.1 Å². The summed E-state index contributed by atoms with van der Waals surface area (Å²) in [6.45, 7) is 0. The van der Waals surface area contributed by atoms with Gasteiger partial charge in [0, 0.05) is 10.6 Å². The third-order valence-electron chi connectivity index (χ3n) is 1.57. The van der Waals surface area contributed by atoms with E-state index in [0.29, 0.717) is 10.6 Å². The molecule has 1 rings (SSSR count). The van der Waals surface area contributed by atoms with Crippen LogP contribution in [-0.2, 0) is 0 Å². The molecule has 0 aliphatic carbocycles. The number of hydrogen-bond donors (Lipinski definition) is 3. The molecule has 74 valence electrons. The van der Waals surface area contributed by atoms with Crippen LogP contribution >= 0.6 is 11.6 Å². The van der Waals surface area contributed by atoms with Crippen LogP contribution in [0.25, 0.3) is 0 Å². The number of nitrogens with two attached hydrogens (primary N) is 1. The van der Waals surface area contributed by atoms with Crippen molar-refractivity contribution in [3.05, 3.63) is 34.9 Å². The van der Waals surface area contributed by atoms with Crippen molar-refractivity contribution in [2.45, 2.75) is 0 Å². The number of amidine groups is 1. The maximum absolute atomic E-state index is 8.63. The minimum atomic E-state index is -0.269. The Hall–Kier alpha value is -1.75. The normalized spacial score (nSPS) is 12.9. The summed E-state index contributed by atoms with van der Waals surface area (Å²) in [5.74, 6) is -0.269. The fourth-order valence-corrected chi connectivity index (χ4v) is 1.04. The molecular formula is C8H8ClN3O2. The van der Waals surface area contributed by atoms with E-state index >= 15 is 0 Å². The molecule has 0 saturated heterocycles. The minimum Gasteiger partial charge on any atom is -0.410 e. The second-order valence-corrected chi connectivity index (χ2v) is 2.88. The summed E-state index contributed by atoms with van der Waals surface area (Å²) in [6.07, 6.45) is 0. The summed E-state index contributed by atoms with van der Waals surface area (Å²) in [7, 11) is 0. The molecule has 0 aromatic heterocycles. The molecule has 0 radical (unpaired) electrons. The second-order valence-electron chi connectivity index (χ2n) is 2.44. The Kier molecular flexibility index (Phi) is 3.30. The van der Waals surface area contributed by atoms with Crippen molar-refractivity contribution in [2.24, 2.45) is 16.0 Å². The van der Waals surface area contributed by atoms with Crippen LogP contribution in [0.15, 0.2) is 34.6 Å². The van der Waals surface area contributed by atoms with Crippen LogP contribution in [0.3, 0.4) is 0 Å². The van der Waals surface area contributed by atoms with E-state index in [-0.39, 0.29) is 11.5 Å². The van der Waals surface area contributed by atoms with E-state index in [2.05, 4.69) is 10.3 Å². The molecule has 6 heteroatoms. The lowest BCUT2D eigenvalue weighted by Crippen LogP contribution is -2.24. The quantitative estimate of drug-likeness (QED) is 0.299. The first-order valence-electron chi connectivity index (χ1n) is 3.65. The molecule has 0 amide bonds. The highest BCUT2D eigenvalue weighted by Crippen LogP contribution is 2.10. The van der Waals surface area contributed by atoms with Gasteiger partial charge in [0.15, 0.2) is 11.5 Å². The molecule has 0 spiro atoms. The summed E-state index contributed by atoms with van der Waals surface area (Å²) in [5.41, 5.74) is 5.77. The standard InChI is InChI=1S/C8H8ClN3O2/c9-6-3-1-5(2-4-6)7(11-13)8(10)12-14/h1-4,13-14H,(H2,10,12). The smallest absolute Gasteiger partial charge is 0.192 e. The van der Waals surface area contributed by atoms with Gasteiger partial charge in [-0.05, 0) is 12.1 Å². The number of halogens is 1. The molecule has 0 heterocycles. The first kappa shape index (κ1) is 10.3. The van der Waals surface area contributed by atoms with Gasteiger partial charge in [0.2, 0.25) is 0 Å². The molecule has 4 N–H and O–H groups in total. The van der Waals surface area contributed by atoms with E-state index < -0.39 is 0 Å². The molecule has 1 aromatic rings. The molecule has 0 bridgehead atoms. The molecule has 1 aromatic carbocycles. The van der Waals surface area contributed by atoms with Crippen molar-refractivity contribution < 1.29 is 10.4 Å². The lowest BCUT2D eigenvalue weighted by Gasteiger charge is -2.01. The lowest BCUT2D eigenvalue weighted by molar-refractivity contribution is 0.314. The van der Waals surface area contributed by atoms with E-state index in [1.165, 1.54) is 0 Å². The van der Waals surface area contributed by atoms with Crippen molar-refractivity contribution in [3.8, 4) is 0 Å². The maximum Gasteiger partial charge on any atom is 0.192 e. The third kappa shape index (κ3) is 2.14. The van der Waals surface area contributed by atoms with E-state index in [1.807, 2.05) is 0 Å². The number of rotatable bonds is 2. The molecule has 0 unspecified atom stereocenters. The SMILES string of the molecule is NC(=NO)C(=NO)c1ccc(Cl)cc1. The topological polar surface area (TPSA) is 91.2 Å². The average molecular weight is 214 g/mol. The van der Waals surface area contributed by atoms with Gasteiger partial charge in [-0.2, -0.15) is 0 Å². The zero-order valence-corrected chi connectivity index (χ0v) is 7.81. The Morgan fingerprint density at radius 1 is 1.14 bits per heavy atom.